The summed E-state index contributed by atoms with van der Waals surface area (Å²) in [5.74, 6) is 0.303. The fourth-order valence-electron chi connectivity index (χ4n) is 2.64. The van der Waals surface area contributed by atoms with Gasteiger partial charge in [0.1, 0.15) is 5.75 Å². The minimum absolute atomic E-state index is 0.0101. The summed E-state index contributed by atoms with van der Waals surface area (Å²) < 4.78 is 0. The number of benzene rings is 2. The molecule has 0 fully saturated rings. The summed E-state index contributed by atoms with van der Waals surface area (Å²) in [5, 5.41) is 12.3. The van der Waals surface area contributed by atoms with Crippen LogP contribution in [0.5, 0.6) is 5.75 Å². The van der Waals surface area contributed by atoms with Crippen LogP contribution in [0.2, 0.25) is 0 Å². The van der Waals surface area contributed by atoms with Crippen LogP contribution in [0.3, 0.4) is 0 Å². The number of aromatic nitrogens is 1. The summed E-state index contributed by atoms with van der Waals surface area (Å²) in [4.78, 5) is 4.73. The van der Waals surface area contributed by atoms with Crippen LogP contribution in [0, 0.1) is 0 Å². The van der Waals surface area contributed by atoms with Gasteiger partial charge in [-0.05, 0) is 29.2 Å². The molecule has 0 atom stereocenters. The molecular formula is C20H20BrNO. The Morgan fingerprint density at radius 2 is 1.78 bits per heavy atom. The van der Waals surface area contributed by atoms with Gasteiger partial charge < -0.3 is 5.11 Å². The number of aromatic hydroxyl groups is 1. The van der Waals surface area contributed by atoms with E-state index in [0.717, 1.165) is 27.7 Å². The number of pyridine rings is 1. The van der Waals surface area contributed by atoms with Gasteiger partial charge >= 0.3 is 0 Å². The molecule has 1 aromatic heterocycles. The second-order valence-corrected chi connectivity index (χ2v) is 7.37. The van der Waals surface area contributed by atoms with Crippen molar-refractivity contribution >= 4 is 26.8 Å². The first-order chi connectivity index (χ1) is 10.9. The average Bonchev–Trinajstić information content (AvgIpc) is 2.53. The van der Waals surface area contributed by atoms with Crippen LogP contribution in [-0.4, -0.2) is 10.1 Å². The highest BCUT2D eigenvalue weighted by atomic mass is 79.9. The van der Waals surface area contributed by atoms with Crippen molar-refractivity contribution in [1.29, 1.82) is 0 Å². The predicted octanol–water partition coefficient (Wildman–Crippen LogP) is 5.80. The molecule has 1 heterocycles. The van der Waals surface area contributed by atoms with Crippen LogP contribution in [0.4, 0.5) is 0 Å². The standard InChI is InChI=1S/C20H20BrNO/c1-20(2,3)15-10-14(12-21)19(23)16(11-15)18-9-8-13-6-4-5-7-17(13)22-18/h4-11,23H,12H2,1-3H3. The molecule has 0 aliphatic heterocycles. The lowest BCUT2D eigenvalue weighted by molar-refractivity contribution is 0.471. The Hall–Kier alpha value is -1.87. The molecule has 2 aromatic carbocycles. The van der Waals surface area contributed by atoms with Crippen molar-refractivity contribution < 1.29 is 5.11 Å². The number of hydrogen-bond acceptors (Lipinski definition) is 2. The Balaban J connectivity index is 2.24. The van der Waals surface area contributed by atoms with E-state index in [4.69, 9.17) is 4.98 Å². The van der Waals surface area contributed by atoms with Gasteiger partial charge in [-0.3, -0.25) is 0 Å². The maximum absolute atomic E-state index is 10.6. The van der Waals surface area contributed by atoms with E-state index < -0.39 is 0 Å². The molecule has 2 nitrogen and oxygen atoms in total. The minimum Gasteiger partial charge on any atom is -0.507 e. The fourth-order valence-corrected chi connectivity index (χ4v) is 3.07. The molecule has 3 aromatic rings. The molecule has 0 saturated carbocycles. The molecule has 0 radical (unpaired) electrons. The molecular weight excluding hydrogens is 350 g/mol. The van der Waals surface area contributed by atoms with Crippen molar-refractivity contribution in [2.24, 2.45) is 0 Å². The Labute approximate surface area is 145 Å². The maximum atomic E-state index is 10.6. The van der Waals surface area contributed by atoms with Crippen molar-refractivity contribution in [1.82, 2.24) is 4.98 Å². The third-order valence-corrected chi connectivity index (χ3v) is 4.68. The zero-order valence-corrected chi connectivity index (χ0v) is 15.2. The van der Waals surface area contributed by atoms with Crippen LogP contribution < -0.4 is 0 Å². The number of fused-ring (bicyclic) bond motifs is 1. The Morgan fingerprint density at radius 1 is 1.04 bits per heavy atom. The summed E-state index contributed by atoms with van der Waals surface area (Å²) >= 11 is 3.48. The van der Waals surface area contributed by atoms with Crippen molar-refractivity contribution in [3.8, 4) is 17.0 Å². The van der Waals surface area contributed by atoms with Gasteiger partial charge in [0.15, 0.2) is 0 Å². The van der Waals surface area contributed by atoms with Gasteiger partial charge in [-0.2, -0.15) is 0 Å². The Bertz CT molecular complexity index is 865. The number of para-hydroxylation sites is 1. The average molecular weight is 370 g/mol. The molecule has 3 heteroatoms. The van der Waals surface area contributed by atoms with Gasteiger partial charge in [-0.25, -0.2) is 4.98 Å². The summed E-state index contributed by atoms with van der Waals surface area (Å²) in [7, 11) is 0. The molecule has 0 amide bonds. The van der Waals surface area contributed by atoms with E-state index in [1.165, 1.54) is 5.56 Å². The molecule has 1 N–H and O–H groups in total. The Morgan fingerprint density at radius 3 is 2.48 bits per heavy atom. The number of alkyl halides is 1. The quantitative estimate of drug-likeness (QED) is 0.579. The summed E-state index contributed by atoms with van der Waals surface area (Å²) in [6.07, 6.45) is 0. The van der Waals surface area contributed by atoms with E-state index in [-0.39, 0.29) is 5.41 Å². The fraction of sp³-hybridized carbons (Fsp3) is 0.250. The lowest BCUT2D eigenvalue weighted by Gasteiger charge is -2.22. The van der Waals surface area contributed by atoms with E-state index in [2.05, 4.69) is 54.9 Å². The summed E-state index contributed by atoms with van der Waals surface area (Å²) in [6, 6.07) is 16.2. The summed E-state index contributed by atoms with van der Waals surface area (Å²) in [5.41, 5.74) is 4.62. The first-order valence-electron chi connectivity index (χ1n) is 7.68. The first-order valence-corrected chi connectivity index (χ1v) is 8.81. The number of phenolic OH excluding ortho intramolecular Hbond substituents is 1. The van der Waals surface area contributed by atoms with Crippen molar-refractivity contribution in [2.45, 2.75) is 31.5 Å². The molecule has 0 aliphatic rings. The van der Waals surface area contributed by atoms with Crippen molar-refractivity contribution in [3.05, 3.63) is 59.7 Å². The monoisotopic (exact) mass is 369 g/mol. The zero-order valence-electron chi connectivity index (χ0n) is 13.6. The van der Waals surface area contributed by atoms with Crippen molar-refractivity contribution in [3.63, 3.8) is 0 Å². The van der Waals surface area contributed by atoms with Gasteiger partial charge in [-0.1, -0.05) is 67.0 Å². The lowest BCUT2D eigenvalue weighted by Crippen LogP contribution is -2.11. The van der Waals surface area contributed by atoms with Gasteiger partial charge in [0.25, 0.3) is 0 Å². The molecule has 118 valence electrons. The number of phenols is 1. The van der Waals surface area contributed by atoms with E-state index in [9.17, 15) is 5.11 Å². The third kappa shape index (κ3) is 3.11. The minimum atomic E-state index is 0.0101. The van der Waals surface area contributed by atoms with Gasteiger partial charge in [0, 0.05) is 21.8 Å². The topological polar surface area (TPSA) is 33.1 Å². The van der Waals surface area contributed by atoms with E-state index in [0.29, 0.717) is 11.1 Å². The Kier molecular flexibility index (Phi) is 4.15. The maximum Gasteiger partial charge on any atom is 0.129 e. The zero-order chi connectivity index (χ0) is 16.6. The van der Waals surface area contributed by atoms with E-state index in [1.54, 1.807) is 0 Å². The van der Waals surface area contributed by atoms with Crippen LogP contribution in [0.15, 0.2) is 48.5 Å². The number of halogens is 1. The largest absolute Gasteiger partial charge is 0.507 e. The second-order valence-electron chi connectivity index (χ2n) is 6.80. The van der Waals surface area contributed by atoms with Crippen LogP contribution in [0.25, 0.3) is 22.2 Å². The molecule has 0 saturated heterocycles. The van der Waals surface area contributed by atoms with E-state index in [1.807, 2.05) is 30.3 Å². The molecule has 0 bridgehead atoms. The van der Waals surface area contributed by atoms with Gasteiger partial charge in [0.05, 0.1) is 11.2 Å². The smallest absolute Gasteiger partial charge is 0.129 e. The lowest BCUT2D eigenvalue weighted by atomic mass is 9.84. The predicted molar refractivity (Wildman–Crippen MR) is 100 cm³/mol. The molecule has 3 rings (SSSR count). The van der Waals surface area contributed by atoms with Crippen LogP contribution in [0.1, 0.15) is 31.9 Å². The van der Waals surface area contributed by atoms with Crippen LogP contribution in [-0.2, 0) is 10.7 Å². The van der Waals surface area contributed by atoms with E-state index >= 15 is 0 Å². The molecule has 0 unspecified atom stereocenters. The third-order valence-electron chi connectivity index (χ3n) is 4.07. The highest BCUT2D eigenvalue weighted by Gasteiger charge is 2.19. The van der Waals surface area contributed by atoms with Gasteiger partial charge in [-0.15, -0.1) is 0 Å². The number of hydrogen-bond donors (Lipinski definition) is 1. The van der Waals surface area contributed by atoms with Crippen LogP contribution >= 0.6 is 15.9 Å². The normalized spacial score (nSPS) is 11.8. The highest BCUT2D eigenvalue weighted by molar-refractivity contribution is 9.08. The second kappa shape index (κ2) is 5.97. The van der Waals surface area contributed by atoms with Crippen molar-refractivity contribution in [2.75, 3.05) is 0 Å². The number of nitrogens with zero attached hydrogens (tertiary/aromatic N) is 1. The first kappa shape index (κ1) is 16.0. The highest BCUT2D eigenvalue weighted by Crippen LogP contribution is 2.37. The molecule has 0 spiro atoms. The molecule has 0 aliphatic carbocycles. The number of rotatable bonds is 2. The summed E-state index contributed by atoms with van der Waals surface area (Å²) in [6.45, 7) is 6.53. The molecule has 23 heavy (non-hydrogen) atoms. The van der Waals surface area contributed by atoms with Gasteiger partial charge in [0.2, 0.25) is 0 Å². The SMILES string of the molecule is CC(C)(C)c1cc(CBr)c(O)c(-c2ccc3ccccc3n2)c1.